The van der Waals surface area contributed by atoms with Gasteiger partial charge >= 0.3 is 0 Å². The molecule has 1 unspecified atom stereocenters. The molecule has 2 rings (SSSR count). The third kappa shape index (κ3) is 2.28. The second-order valence-corrected chi connectivity index (χ2v) is 4.84. The van der Waals surface area contributed by atoms with Crippen molar-refractivity contribution in [2.45, 2.75) is 45.3 Å². The summed E-state index contributed by atoms with van der Waals surface area (Å²) in [6.07, 6.45) is 6.14. The van der Waals surface area contributed by atoms with Crippen molar-refractivity contribution < 1.29 is 5.11 Å². The number of hydrogen-bond acceptors (Lipinski definition) is 3. The van der Waals surface area contributed by atoms with Gasteiger partial charge in [-0.15, -0.1) is 0 Å². The fourth-order valence-electron chi connectivity index (χ4n) is 2.44. The number of imidazole rings is 1. The lowest BCUT2D eigenvalue weighted by Crippen LogP contribution is -2.32. The molecule has 1 N–H and O–H groups in total. The molecule has 1 fully saturated rings. The lowest BCUT2D eigenvalue weighted by Gasteiger charge is -2.23. The number of rotatable bonds is 4. The van der Waals surface area contributed by atoms with Crippen LogP contribution in [0.4, 0.5) is 0 Å². The summed E-state index contributed by atoms with van der Waals surface area (Å²) in [5.74, 6) is 0. The molecule has 1 aliphatic rings. The monoisotopic (exact) mass is 223 g/mol. The molecule has 1 aromatic heterocycles. The molecule has 1 aliphatic heterocycles. The van der Waals surface area contributed by atoms with Crippen molar-refractivity contribution in [1.29, 1.82) is 0 Å². The third-order valence-electron chi connectivity index (χ3n) is 3.38. The van der Waals surface area contributed by atoms with Crippen LogP contribution in [0.25, 0.3) is 0 Å². The Bertz CT molecular complexity index is 335. The van der Waals surface area contributed by atoms with Gasteiger partial charge in [0.15, 0.2) is 0 Å². The summed E-state index contributed by atoms with van der Waals surface area (Å²) in [5.41, 5.74) is 1.25. The van der Waals surface area contributed by atoms with E-state index >= 15 is 0 Å². The Morgan fingerprint density at radius 1 is 1.56 bits per heavy atom. The van der Waals surface area contributed by atoms with E-state index in [1.54, 1.807) is 0 Å². The Hall–Kier alpha value is -0.870. The van der Waals surface area contributed by atoms with Crippen LogP contribution >= 0.6 is 0 Å². The molecule has 1 aromatic rings. The smallest absolute Gasteiger partial charge is 0.0951 e. The van der Waals surface area contributed by atoms with Crippen molar-refractivity contribution in [3.8, 4) is 0 Å². The molecule has 1 saturated heterocycles. The van der Waals surface area contributed by atoms with E-state index in [-0.39, 0.29) is 6.61 Å². The van der Waals surface area contributed by atoms with Crippen LogP contribution in [-0.4, -0.2) is 38.8 Å². The number of aliphatic hydroxyl groups is 1. The highest BCUT2D eigenvalue weighted by Crippen LogP contribution is 2.20. The fraction of sp³-hybridized carbons (Fsp3) is 0.750. The van der Waals surface area contributed by atoms with E-state index < -0.39 is 0 Å². The summed E-state index contributed by atoms with van der Waals surface area (Å²) in [7, 11) is 0. The molecule has 90 valence electrons. The zero-order valence-corrected chi connectivity index (χ0v) is 10.1. The Labute approximate surface area is 96.9 Å². The lowest BCUT2D eigenvalue weighted by atomic mass is 10.2. The zero-order valence-electron chi connectivity index (χ0n) is 10.1. The van der Waals surface area contributed by atoms with Crippen LogP contribution in [0.15, 0.2) is 12.5 Å². The van der Waals surface area contributed by atoms with Gasteiger partial charge in [0.05, 0.1) is 18.6 Å². The maximum atomic E-state index is 9.28. The molecule has 0 saturated carbocycles. The summed E-state index contributed by atoms with van der Waals surface area (Å²) in [5, 5.41) is 9.28. The zero-order chi connectivity index (χ0) is 11.5. The molecule has 0 radical (unpaired) electrons. The first-order valence-corrected chi connectivity index (χ1v) is 6.08. The minimum absolute atomic E-state index is 0.274. The van der Waals surface area contributed by atoms with E-state index in [2.05, 4.69) is 28.3 Å². The highest BCUT2D eigenvalue weighted by Gasteiger charge is 2.24. The third-order valence-corrected chi connectivity index (χ3v) is 3.38. The summed E-state index contributed by atoms with van der Waals surface area (Å²) < 4.78 is 2.20. The predicted octanol–water partition coefficient (Wildman–Crippen LogP) is 1.42. The summed E-state index contributed by atoms with van der Waals surface area (Å²) in [6, 6.07) is 0.795. The van der Waals surface area contributed by atoms with E-state index in [0.29, 0.717) is 12.1 Å². The Kier molecular flexibility index (Phi) is 3.61. The normalized spacial score (nSPS) is 22.1. The Balaban J connectivity index is 2.05. The molecule has 0 amide bonds. The second kappa shape index (κ2) is 4.97. The van der Waals surface area contributed by atoms with Crippen molar-refractivity contribution in [1.82, 2.24) is 14.5 Å². The van der Waals surface area contributed by atoms with Gasteiger partial charge in [0.25, 0.3) is 0 Å². The van der Waals surface area contributed by atoms with Gasteiger partial charge < -0.3 is 9.67 Å². The van der Waals surface area contributed by atoms with Gasteiger partial charge in [0.1, 0.15) is 0 Å². The molecule has 16 heavy (non-hydrogen) atoms. The molecular formula is C12H21N3O. The van der Waals surface area contributed by atoms with Crippen molar-refractivity contribution in [2.24, 2.45) is 0 Å². The SMILES string of the molecule is CC(C)n1cncc1CN1CCCC1CO. The first-order chi connectivity index (χ1) is 7.72. The number of likely N-dealkylation sites (tertiary alicyclic amines) is 1. The minimum atomic E-state index is 0.274. The maximum absolute atomic E-state index is 9.28. The number of aliphatic hydroxyl groups excluding tert-OH is 1. The quantitative estimate of drug-likeness (QED) is 0.839. The van der Waals surface area contributed by atoms with Crippen LogP contribution in [0.1, 0.15) is 38.4 Å². The fourth-order valence-corrected chi connectivity index (χ4v) is 2.44. The van der Waals surface area contributed by atoms with Gasteiger partial charge in [-0.2, -0.15) is 0 Å². The van der Waals surface area contributed by atoms with Gasteiger partial charge in [-0.3, -0.25) is 4.90 Å². The van der Waals surface area contributed by atoms with Crippen LogP contribution in [-0.2, 0) is 6.54 Å². The minimum Gasteiger partial charge on any atom is -0.395 e. The van der Waals surface area contributed by atoms with E-state index in [9.17, 15) is 5.11 Å². The Morgan fingerprint density at radius 2 is 2.38 bits per heavy atom. The second-order valence-electron chi connectivity index (χ2n) is 4.84. The largest absolute Gasteiger partial charge is 0.395 e. The van der Waals surface area contributed by atoms with Crippen LogP contribution in [0, 0.1) is 0 Å². The van der Waals surface area contributed by atoms with Crippen LogP contribution in [0.3, 0.4) is 0 Å². The van der Waals surface area contributed by atoms with Crippen molar-refractivity contribution in [2.75, 3.05) is 13.2 Å². The van der Waals surface area contributed by atoms with Crippen molar-refractivity contribution >= 4 is 0 Å². The number of aromatic nitrogens is 2. The van der Waals surface area contributed by atoms with E-state index in [1.807, 2.05) is 12.5 Å². The highest BCUT2D eigenvalue weighted by atomic mass is 16.3. The van der Waals surface area contributed by atoms with E-state index in [0.717, 1.165) is 19.5 Å². The number of hydrogen-bond donors (Lipinski definition) is 1. The molecule has 4 nitrogen and oxygen atoms in total. The van der Waals surface area contributed by atoms with E-state index in [1.165, 1.54) is 12.1 Å². The van der Waals surface area contributed by atoms with Gasteiger partial charge in [0, 0.05) is 24.8 Å². The van der Waals surface area contributed by atoms with Gasteiger partial charge in [0.2, 0.25) is 0 Å². The predicted molar refractivity (Wildman–Crippen MR) is 63.1 cm³/mol. The van der Waals surface area contributed by atoms with Gasteiger partial charge in [-0.25, -0.2) is 4.98 Å². The summed E-state index contributed by atoms with van der Waals surface area (Å²) in [4.78, 5) is 6.57. The Morgan fingerprint density at radius 3 is 3.06 bits per heavy atom. The lowest BCUT2D eigenvalue weighted by molar-refractivity contribution is 0.151. The molecule has 0 aliphatic carbocycles. The maximum Gasteiger partial charge on any atom is 0.0951 e. The molecular weight excluding hydrogens is 202 g/mol. The summed E-state index contributed by atoms with van der Waals surface area (Å²) in [6.45, 7) is 6.60. The van der Waals surface area contributed by atoms with Gasteiger partial charge in [-0.1, -0.05) is 0 Å². The average Bonchev–Trinajstić information content (AvgIpc) is 2.86. The summed E-state index contributed by atoms with van der Waals surface area (Å²) >= 11 is 0. The molecule has 0 spiro atoms. The van der Waals surface area contributed by atoms with Crippen LogP contribution < -0.4 is 0 Å². The van der Waals surface area contributed by atoms with Crippen molar-refractivity contribution in [3.05, 3.63) is 18.2 Å². The topological polar surface area (TPSA) is 41.3 Å². The van der Waals surface area contributed by atoms with Gasteiger partial charge in [-0.05, 0) is 33.2 Å². The first kappa shape index (κ1) is 11.6. The number of nitrogens with zero attached hydrogens (tertiary/aromatic N) is 3. The highest BCUT2D eigenvalue weighted by molar-refractivity contribution is 5.01. The molecule has 1 atom stereocenters. The van der Waals surface area contributed by atoms with Crippen molar-refractivity contribution in [3.63, 3.8) is 0 Å². The standard InChI is InChI=1S/C12H21N3O/c1-10(2)15-9-13-6-12(15)7-14-5-3-4-11(14)8-16/h6,9-11,16H,3-5,7-8H2,1-2H3. The molecule has 0 bridgehead atoms. The molecule has 0 aromatic carbocycles. The first-order valence-electron chi connectivity index (χ1n) is 6.08. The average molecular weight is 223 g/mol. The van der Waals surface area contributed by atoms with Crippen LogP contribution in [0.5, 0.6) is 0 Å². The van der Waals surface area contributed by atoms with E-state index in [4.69, 9.17) is 0 Å². The molecule has 2 heterocycles. The van der Waals surface area contributed by atoms with Crippen LogP contribution in [0.2, 0.25) is 0 Å². The molecule has 4 heteroatoms.